The third kappa shape index (κ3) is 2.56. The van der Waals surface area contributed by atoms with Crippen molar-refractivity contribution in [2.45, 2.75) is 0 Å². The van der Waals surface area contributed by atoms with Crippen LogP contribution in [0.5, 0.6) is 0 Å². The highest BCUT2D eigenvalue weighted by molar-refractivity contribution is 9.10. The van der Waals surface area contributed by atoms with E-state index in [-0.39, 0.29) is 10.2 Å². The molecule has 0 fully saturated rings. The highest BCUT2D eigenvalue weighted by Gasteiger charge is 2.15. The average molecular weight is 367 g/mol. The van der Waals surface area contributed by atoms with Crippen molar-refractivity contribution in [3.8, 4) is 16.9 Å². The first-order chi connectivity index (χ1) is 10.1. The van der Waals surface area contributed by atoms with Crippen LogP contribution in [0.25, 0.3) is 16.9 Å². The van der Waals surface area contributed by atoms with E-state index in [0.717, 1.165) is 11.6 Å². The molecule has 0 saturated heterocycles. The van der Waals surface area contributed by atoms with Gasteiger partial charge in [0.2, 0.25) is 0 Å². The number of halogens is 3. The van der Waals surface area contributed by atoms with Crippen LogP contribution in [0.15, 0.2) is 53.1 Å². The summed E-state index contributed by atoms with van der Waals surface area (Å²) in [5.74, 6) is -1.33. The van der Waals surface area contributed by atoms with Gasteiger partial charge in [0.25, 0.3) is 0 Å². The number of rotatable bonds is 2. The molecule has 0 saturated carbocycles. The minimum Gasteiger partial charge on any atom is -0.336 e. The zero-order chi connectivity index (χ0) is 15.0. The van der Waals surface area contributed by atoms with E-state index in [1.54, 1.807) is 10.8 Å². The largest absolute Gasteiger partial charge is 0.336 e. The van der Waals surface area contributed by atoms with Gasteiger partial charge in [0.1, 0.15) is 11.6 Å². The summed E-state index contributed by atoms with van der Waals surface area (Å²) >= 11 is 8.29. The molecule has 1 aromatic heterocycles. The van der Waals surface area contributed by atoms with E-state index in [1.807, 2.05) is 30.3 Å². The van der Waals surface area contributed by atoms with Gasteiger partial charge in [-0.15, -0.1) is 0 Å². The predicted molar refractivity (Wildman–Crippen MR) is 84.0 cm³/mol. The molecule has 2 aromatic carbocycles. The summed E-state index contributed by atoms with van der Waals surface area (Å²) in [5.41, 5.74) is 1.77. The van der Waals surface area contributed by atoms with E-state index in [4.69, 9.17) is 12.2 Å². The van der Waals surface area contributed by atoms with Crippen molar-refractivity contribution in [3.05, 3.63) is 69.5 Å². The van der Waals surface area contributed by atoms with Crippen LogP contribution < -0.4 is 0 Å². The molecule has 0 radical (unpaired) electrons. The predicted octanol–water partition coefficient (Wildman–Crippen LogP) is 5.24. The lowest BCUT2D eigenvalue weighted by Gasteiger charge is -2.10. The highest BCUT2D eigenvalue weighted by atomic mass is 79.9. The molecule has 0 unspecified atom stereocenters. The number of imidazole rings is 1. The lowest BCUT2D eigenvalue weighted by atomic mass is 10.1. The standard InChI is InChI=1S/C15H9BrF2N2S/c16-10-6-13(12(18)7-11(10)17)20-14(8-19-15(20)21)9-4-2-1-3-5-9/h1-8H,(H,19,21). The molecule has 1 N–H and O–H groups in total. The summed E-state index contributed by atoms with van der Waals surface area (Å²) in [4.78, 5) is 2.90. The number of aromatic nitrogens is 2. The van der Waals surface area contributed by atoms with E-state index in [1.165, 1.54) is 6.07 Å². The summed E-state index contributed by atoms with van der Waals surface area (Å²) < 4.78 is 29.6. The molecule has 0 atom stereocenters. The SMILES string of the molecule is Fc1cc(F)c(-n2c(-c3ccccc3)c[nH]c2=S)cc1Br. The zero-order valence-electron chi connectivity index (χ0n) is 10.6. The minimum absolute atomic E-state index is 0.181. The Labute approximate surface area is 133 Å². The van der Waals surface area contributed by atoms with Crippen molar-refractivity contribution < 1.29 is 8.78 Å². The van der Waals surface area contributed by atoms with Crippen LogP contribution in [-0.4, -0.2) is 9.55 Å². The number of aromatic amines is 1. The Hall–Kier alpha value is -1.79. The molecule has 0 aliphatic carbocycles. The summed E-state index contributed by atoms with van der Waals surface area (Å²) in [6.07, 6.45) is 1.70. The fourth-order valence-electron chi connectivity index (χ4n) is 2.11. The molecule has 1 heterocycles. The van der Waals surface area contributed by atoms with Gasteiger partial charge in [-0.1, -0.05) is 30.3 Å². The fourth-order valence-corrected chi connectivity index (χ4v) is 2.70. The van der Waals surface area contributed by atoms with E-state index >= 15 is 0 Å². The Kier molecular flexibility index (Phi) is 3.73. The molecular formula is C15H9BrF2N2S. The quantitative estimate of drug-likeness (QED) is 0.485. The molecule has 0 bridgehead atoms. The van der Waals surface area contributed by atoms with Gasteiger partial charge < -0.3 is 4.98 Å². The highest BCUT2D eigenvalue weighted by Crippen LogP contribution is 2.28. The van der Waals surface area contributed by atoms with Crippen molar-refractivity contribution in [1.82, 2.24) is 9.55 Å². The fraction of sp³-hybridized carbons (Fsp3) is 0. The van der Waals surface area contributed by atoms with Crippen LogP contribution in [0.2, 0.25) is 0 Å². The smallest absolute Gasteiger partial charge is 0.182 e. The van der Waals surface area contributed by atoms with Crippen molar-refractivity contribution in [1.29, 1.82) is 0 Å². The molecule has 0 spiro atoms. The number of benzene rings is 2. The van der Waals surface area contributed by atoms with Gasteiger partial charge in [-0.3, -0.25) is 4.57 Å². The topological polar surface area (TPSA) is 20.7 Å². The van der Waals surface area contributed by atoms with Crippen LogP contribution >= 0.6 is 28.1 Å². The first-order valence-corrected chi connectivity index (χ1v) is 7.29. The van der Waals surface area contributed by atoms with Crippen molar-refractivity contribution in [2.75, 3.05) is 0 Å². The first kappa shape index (κ1) is 14.2. The summed E-state index contributed by atoms with van der Waals surface area (Å²) in [7, 11) is 0. The van der Waals surface area contributed by atoms with Crippen molar-refractivity contribution in [3.63, 3.8) is 0 Å². The maximum absolute atomic E-state index is 14.1. The molecule has 21 heavy (non-hydrogen) atoms. The van der Waals surface area contributed by atoms with Crippen LogP contribution in [0.4, 0.5) is 8.78 Å². The van der Waals surface area contributed by atoms with Gasteiger partial charge in [-0.25, -0.2) is 8.78 Å². The second-order valence-electron chi connectivity index (χ2n) is 4.40. The third-order valence-electron chi connectivity index (χ3n) is 3.08. The maximum Gasteiger partial charge on any atom is 0.182 e. The molecular weight excluding hydrogens is 358 g/mol. The molecule has 3 aromatic rings. The third-order valence-corrected chi connectivity index (χ3v) is 3.98. The Morgan fingerprint density at radius 1 is 1.05 bits per heavy atom. The van der Waals surface area contributed by atoms with Crippen LogP contribution in [0.3, 0.4) is 0 Å². The first-order valence-electron chi connectivity index (χ1n) is 6.08. The maximum atomic E-state index is 14.1. The second-order valence-corrected chi connectivity index (χ2v) is 5.64. The Balaban J connectivity index is 2.27. The van der Waals surface area contributed by atoms with E-state index in [9.17, 15) is 8.78 Å². The van der Waals surface area contributed by atoms with E-state index in [0.29, 0.717) is 10.5 Å². The normalized spacial score (nSPS) is 10.8. The molecule has 0 amide bonds. The molecule has 0 aliphatic heterocycles. The number of hydrogen-bond acceptors (Lipinski definition) is 1. The Morgan fingerprint density at radius 2 is 1.76 bits per heavy atom. The summed E-state index contributed by atoms with van der Waals surface area (Å²) in [6.45, 7) is 0. The summed E-state index contributed by atoms with van der Waals surface area (Å²) in [6, 6.07) is 11.7. The number of nitrogens with zero attached hydrogens (tertiary/aromatic N) is 1. The molecule has 0 aliphatic rings. The van der Waals surface area contributed by atoms with Gasteiger partial charge in [0, 0.05) is 17.8 Å². The molecule has 3 rings (SSSR count). The number of nitrogens with one attached hydrogen (secondary N) is 1. The van der Waals surface area contributed by atoms with Gasteiger partial charge in [0.05, 0.1) is 15.9 Å². The Bertz CT molecular complexity index is 856. The Morgan fingerprint density at radius 3 is 2.48 bits per heavy atom. The van der Waals surface area contributed by atoms with Gasteiger partial charge in [-0.2, -0.15) is 0 Å². The lowest BCUT2D eigenvalue weighted by Crippen LogP contribution is -2.01. The van der Waals surface area contributed by atoms with Crippen molar-refractivity contribution in [2.24, 2.45) is 0 Å². The van der Waals surface area contributed by atoms with E-state index < -0.39 is 11.6 Å². The van der Waals surface area contributed by atoms with E-state index in [2.05, 4.69) is 20.9 Å². The monoisotopic (exact) mass is 366 g/mol. The van der Waals surface area contributed by atoms with Crippen LogP contribution in [0.1, 0.15) is 0 Å². The molecule has 6 heteroatoms. The lowest BCUT2D eigenvalue weighted by molar-refractivity contribution is 0.573. The molecule has 2 nitrogen and oxygen atoms in total. The average Bonchev–Trinajstić information content (AvgIpc) is 2.85. The minimum atomic E-state index is -0.677. The zero-order valence-corrected chi connectivity index (χ0v) is 13.0. The summed E-state index contributed by atoms with van der Waals surface area (Å²) in [5, 5.41) is 0. The second kappa shape index (κ2) is 5.54. The number of hydrogen-bond donors (Lipinski definition) is 1. The van der Waals surface area contributed by atoms with Crippen LogP contribution in [-0.2, 0) is 0 Å². The van der Waals surface area contributed by atoms with Crippen molar-refractivity contribution >= 4 is 28.1 Å². The van der Waals surface area contributed by atoms with Gasteiger partial charge >= 0.3 is 0 Å². The number of H-pyrrole nitrogens is 1. The van der Waals surface area contributed by atoms with Gasteiger partial charge in [-0.05, 0) is 34.2 Å². The van der Waals surface area contributed by atoms with Gasteiger partial charge in [0.15, 0.2) is 4.77 Å². The van der Waals surface area contributed by atoms with Crippen LogP contribution in [0, 0.1) is 16.4 Å². The molecule has 106 valence electrons.